The molecule has 1 N–H and O–H groups in total. The van der Waals surface area contributed by atoms with E-state index in [4.69, 9.17) is 13.9 Å². The molecule has 2 aromatic heterocycles. The summed E-state index contributed by atoms with van der Waals surface area (Å²) in [5.41, 5.74) is -1.83. The topological polar surface area (TPSA) is 126 Å². The summed E-state index contributed by atoms with van der Waals surface area (Å²) in [6.07, 6.45) is -0.323. The number of amides is 1. The number of aromatic nitrogens is 3. The highest BCUT2D eigenvalue weighted by molar-refractivity contribution is 5.90. The number of ether oxygens (including phenoxy) is 2. The van der Waals surface area contributed by atoms with Crippen molar-refractivity contribution in [1.29, 1.82) is 0 Å². The first kappa shape index (κ1) is 27.6. The Labute approximate surface area is 216 Å². The van der Waals surface area contributed by atoms with Gasteiger partial charge in [0.1, 0.15) is 22.4 Å². The number of alkyl carbamates (subject to hydrolysis) is 1. The fourth-order valence-corrected chi connectivity index (χ4v) is 3.55. The van der Waals surface area contributed by atoms with Crippen LogP contribution < -0.4 is 10.9 Å². The summed E-state index contributed by atoms with van der Waals surface area (Å²) in [6, 6.07) is 12.2. The van der Waals surface area contributed by atoms with E-state index < -0.39 is 34.4 Å². The van der Waals surface area contributed by atoms with Crippen LogP contribution in [0, 0.1) is 0 Å². The fourth-order valence-electron chi connectivity index (χ4n) is 3.55. The van der Waals surface area contributed by atoms with Gasteiger partial charge < -0.3 is 23.8 Å². The van der Waals surface area contributed by atoms with Gasteiger partial charge in [0.2, 0.25) is 5.89 Å². The molecule has 0 bridgehead atoms. The number of hydrogen-bond donors (Lipinski definition) is 1. The summed E-state index contributed by atoms with van der Waals surface area (Å²) in [5.74, 6) is -0.538. The zero-order valence-electron chi connectivity index (χ0n) is 22.5. The number of carbonyl (C=O) groups is 2. The second-order valence-corrected chi connectivity index (χ2v) is 11.1. The molecule has 3 aromatic rings. The number of carbonyl (C=O) groups excluding carboxylic acids is 2. The zero-order valence-corrected chi connectivity index (χ0v) is 22.5. The number of rotatable bonds is 6. The molecule has 0 radical (unpaired) electrons. The van der Waals surface area contributed by atoms with Crippen LogP contribution in [0.4, 0.5) is 4.79 Å². The number of nitrogens with one attached hydrogen (secondary N) is 1. The fraction of sp³-hybridized carbons (Fsp3) is 0.444. The predicted molar refractivity (Wildman–Crippen MR) is 137 cm³/mol. The Kier molecular flexibility index (Phi) is 7.62. The molecule has 0 spiro atoms. The quantitative estimate of drug-likeness (QED) is 0.485. The van der Waals surface area contributed by atoms with Crippen LogP contribution in [0.15, 0.2) is 51.7 Å². The summed E-state index contributed by atoms with van der Waals surface area (Å²) in [4.78, 5) is 38.0. The van der Waals surface area contributed by atoms with Crippen LogP contribution in [-0.4, -0.2) is 38.0 Å². The van der Waals surface area contributed by atoms with Crippen LogP contribution in [0.25, 0.3) is 11.6 Å². The van der Waals surface area contributed by atoms with Gasteiger partial charge in [-0.15, -0.1) is 10.2 Å². The third-order valence-corrected chi connectivity index (χ3v) is 5.19. The average Bonchev–Trinajstić information content (AvgIpc) is 3.24. The third-order valence-electron chi connectivity index (χ3n) is 5.19. The average molecular weight is 511 g/mol. The first-order chi connectivity index (χ1) is 17.1. The van der Waals surface area contributed by atoms with E-state index in [1.54, 1.807) is 48.5 Å². The van der Waals surface area contributed by atoms with Crippen LogP contribution in [0.5, 0.6) is 0 Å². The van der Waals surface area contributed by atoms with Gasteiger partial charge >= 0.3 is 12.1 Å². The molecule has 0 aliphatic rings. The maximum absolute atomic E-state index is 12.7. The smallest absolute Gasteiger partial charge is 0.408 e. The number of nitrogens with zero attached hydrogens (tertiary/aromatic N) is 3. The van der Waals surface area contributed by atoms with Crippen LogP contribution in [0.2, 0.25) is 0 Å². The van der Waals surface area contributed by atoms with Gasteiger partial charge in [0, 0.05) is 19.5 Å². The summed E-state index contributed by atoms with van der Waals surface area (Å²) in [5, 5.41) is 11.2. The highest BCUT2D eigenvalue weighted by Gasteiger charge is 2.37. The molecule has 37 heavy (non-hydrogen) atoms. The Bertz CT molecular complexity index is 1330. The van der Waals surface area contributed by atoms with Crippen molar-refractivity contribution in [1.82, 2.24) is 20.1 Å². The van der Waals surface area contributed by atoms with Crippen molar-refractivity contribution in [2.45, 2.75) is 71.6 Å². The van der Waals surface area contributed by atoms with E-state index in [0.29, 0.717) is 6.42 Å². The monoisotopic (exact) mass is 510 g/mol. The van der Waals surface area contributed by atoms with Gasteiger partial charge in [-0.3, -0.25) is 4.79 Å². The van der Waals surface area contributed by atoms with E-state index in [9.17, 15) is 14.4 Å². The molecule has 1 aromatic carbocycles. The van der Waals surface area contributed by atoms with Gasteiger partial charge in [0.25, 0.3) is 11.4 Å². The lowest BCUT2D eigenvalue weighted by molar-refractivity contribution is 0.00687. The van der Waals surface area contributed by atoms with Crippen LogP contribution in [0.1, 0.15) is 70.3 Å². The Morgan fingerprint density at radius 2 is 1.57 bits per heavy atom. The summed E-state index contributed by atoms with van der Waals surface area (Å²) in [7, 11) is 1.53. The van der Waals surface area contributed by atoms with Crippen molar-refractivity contribution in [2.24, 2.45) is 7.05 Å². The van der Waals surface area contributed by atoms with Gasteiger partial charge in [-0.1, -0.05) is 30.3 Å². The first-order valence-corrected chi connectivity index (χ1v) is 11.9. The maximum atomic E-state index is 12.7. The minimum absolute atomic E-state index is 0.00489. The van der Waals surface area contributed by atoms with E-state index in [2.05, 4.69) is 15.5 Å². The first-order valence-electron chi connectivity index (χ1n) is 11.9. The SMILES string of the molecule is Cn1c(-c2nnc([C@](C)(Cc3ccccc3)NC(=O)OC(C)(C)C)o2)cc(C(=O)OC(C)(C)C)cc1=O. The Morgan fingerprint density at radius 3 is 2.16 bits per heavy atom. The van der Waals surface area contributed by atoms with Crippen molar-refractivity contribution in [2.75, 3.05) is 0 Å². The molecular formula is C27H34N4O6. The molecule has 198 valence electrons. The normalized spacial score (nSPS) is 13.5. The molecule has 1 amide bonds. The molecule has 0 aliphatic carbocycles. The Morgan fingerprint density at radius 1 is 0.946 bits per heavy atom. The number of benzene rings is 1. The van der Waals surface area contributed by atoms with E-state index in [1.165, 1.54) is 23.7 Å². The molecule has 0 saturated heterocycles. The lowest BCUT2D eigenvalue weighted by Crippen LogP contribution is -2.47. The van der Waals surface area contributed by atoms with Crippen LogP contribution in [0.3, 0.4) is 0 Å². The zero-order chi connectivity index (χ0) is 27.6. The molecule has 0 saturated carbocycles. The molecule has 1 atom stereocenters. The predicted octanol–water partition coefficient (Wildman–Crippen LogP) is 4.37. The Balaban J connectivity index is 2.02. The van der Waals surface area contributed by atoms with Gasteiger partial charge in [0.05, 0.1) is 5.56 Å². The second-order valence-electron chi connectivity index (χ2n) is 11.1. The molecule has 0 aliphatic heterocycles. The van der Waals surface area contributed by atoms with Gasteiger partial charge in [0.15, 0.2) is 0 Å². The third kappa shape index (κ3) is 7.28. The minimum Gasteiger partial charge on any atom is -0.456 e. The molecule has 10 heteroatoms. The van der Waals surface area contributed by atoms with Crippen molar-refractivity contribution < 1.29 is 23.5 Å². The van der Waals surface area contributed by atoms with Gasteiger partial charge in [-0.2, -0.15) is 0 Å². The molecule has 10 nitrogen and oxygen atoms in total. The lowest BCUT2D eigenvalue weighted by atomic mass is 9.92. The number of hydrogen-bond acceptors (Lipinski definition) is 8. The number of pyridine rings is 1. The van der Waals surface area contributed by atoms with Crippen molar-refractivity contribution in [3.63, 3.8) is 0 Å². The van der Waals surface area contributed by atoms with Crippen molar-refractivity contribution in [3.8, 4) is 11.6 Å². The van der Waals surface area contributed by atoms with Crippen molar-refractivity contribution in [3.05, 3.63) is 69.8 Å². The summed E-state index contributed by atoms with van der Waals surface area (Å²) >= 11 is 0. The largest absolute Gasteiger partial charge is 0.456 e. The highest BCUT2D eigenvalue weighted by Crippen LogP contribution is 2.28. The summed E-state index contributed by atoms with van der Waals surface area (Å²) in [6.45, 7) is 12.3. The lowest BCUT2D eigenvalue weighted by Gasteiger charge is -2.29. The minimum atomic E-state index is -1.14. The van der Waals surface area contributed by atoms with Gasteiger partial charge in [-0.05, 0) is 60.1 Å². The Hall–Kier alpha value is -3.95. The maximum Gasteiger partial charge on any atom is 0.408 e. The molecular weight excluding hydrogens is 476 g/mol. The second kappa shape index (κ2) is 10.2. The standard InChI is InChI=1S/C27H34N4O6/c1-25(2,3)36-22(33)18-14-19(31(8)20(32)15-18)21-29-30-23(35-21)27(7,16-17-12-10-9-11-13-17)28-24(34)37-26(4,5)6/h9-15H,16H2,1-8H3,(H,28,34)/t27-/m0/s1. The molecule has 0 unspecified atom stereocenters. The molecule has 3 rings (SSSR count). The van der Waals surface area contributed by atoms with Crippen LogP contribution >= 0.6 is 0 Å². The van der Waals surface area contributed by atoms with E-state index in [-0.39, 0.29) is 23.0 Å². The number of esters is 1. The van der Waals surface area contributed by atoms with Gasteiger partial charge in [-0.25, -0.2) is 9.59 Å². The van der Waals surface area contributed by atoms with E-state index in [0.717, 1.165) is 5.56 Å². The molecule has 0 fully saturated rings. The van der Waals surface area contributed by atoms with E-state index in [1.807, 2.05) is 30.3 Å². The van der Waals surface area contributed by atoms with Crippen LogP contribution in [-0.2, 0) is 28.5 Å². The molecule has 2 heterocycles. The summed E-state index contributed by atoms with van der Waals surface area (Å²) < 4.78 is 18.2. The highest BCUT2D eigenvalue weighted by atomic mass is 16.6. The van der Waals surface area contributed by atoms with Crippen molar-refractivity contribution >= 4 is 12.1 Å². The van der Waals surface area contributed by atoms with E-state index >= 15 is 0 Å².